The standard InChI is InChI=1S/C19H17FN2O2/c20-15-8-4-9-16(12-15)22-18(23)10-5-11-19-21-13-17(24-19)14-6-2-1-3-7-14/h1-4,6-9,12-13H,5,10-11H2,(H,22,23). The predicted molar refractivity (Wildman–Crippen MR) is 89.9 cm³/mol. The van der Waals surface area contributed by atoms with E-state index in [1.807, 2.05) is 30.3 Å². The van der Waals surface area contributed by atoms with Crippen LogP contribution in [0, 0.1) is 5.82 Å². The summed E-state index contributed by atoms with van der Waals surface area (Å²) in [6.07, 6.45) is 3.19. The van der Waals surface area contributed by atoms with E-state index in [2.05, 4.69) is 10.3 Å². The fraction of sp³-hybridized carbons (Fsp3) is 0.158. The minimum Gasteiger partial charge on any atom is -0.441 e. The highest BCUT2D eigenvalue weighted by Gasteiger charge is 2.08. The van der Waals surface area contributed by atoms with Crippen LogP contribution >= 0.6 is 0 Å². The van der Waals surface area contributed by atoms with Crippen molar-refractivity contribution in [2.24, 2.45) is 0 Å². The van der Waals surface area contributed by atoms with E-state index in [9.17, 15) is 9.18 Å². The number of oxazole rings is 1. The molecule has 122 valence electrons. The molecule has 4 nitrogen and oxygen atoms in total. The third-order valence-corrected chi connectivity index (χ3v) is 3.51. The van der Waals surface area contributed by atoms with Gasteiger partial charge in [-0.25, -0.2) is 9.37 Å². The molecule has 0 fully saturated rings. The zero-order chi connectivity index (χ0) is 16.8. The minimum atomic E-state index is -0.374. The number of hydrogen-bond donors (Lipinski definition) is 1. The number of hydrogen-bond acceptors (Lipinski definition) is 3. The molecule has 24 heavy (non-hydrogen) atoms. The van der Waals surface area contributed by atoms with E-state index in [1.54, 1.807) is 18.3 Å². The van der Waals surface area contributed by atoms with Crippen molar-refractivity contribution in [3.63, 3.8) is 0 Å². The molecule has 0 saturated heterocycles. The van der Waals surface area contributed by atoms with Gasteiger partial charge in [0.25, 0.3) is 0 Å². The molecule has 0 atom stereocenters. The molecule has 0 aliphatic rings. The van der Waals surface area contributed by atoms with E-state index in [4.69, 9.17) is 4.42 Å². The van der Waals surface area contributed by atoms with E-state index in [1.165, 1.54) is 12.1 Å². The second-order valence-corrected chi connectivity index (χ2v) is 5.40. The number of carbonyl (C=O) groups is 1. The summed E-state index contributed by atoms with van der Waals surface area (Å²) in [4.78, 5) is 16.1. The SMILES string of the molecule is O=C(CCCc1ncc(-c2ccccc2)o1)Nc1cccc(F)c1. The van der Waals surface area contributed by atoms with Crippen molar-refractivity contribution in [2.45, 2.75) is 19.3 Å². The molecule has 0 unspecified atom stereocenters. The van der Waals surface area contributed by atoms with Gasteiger partial charge < -0.3 is 9.73 Å². The lowest BCUT2D eigenvalue weighted by molar-refractivity contribution is -0.116. The summed E-state index contributed by atoms with van der Waals surface area (Å²) in [6, 6.07) is 15.6. The molecule has 0 bridgehead atoms. The maximum Gasteiger partial charge on any atom is 0.224 e. The first-order valence-electron chi connectivity index (χ1n) is 7.76. The molecule has 1 N–H and O–H groups in total. The largest absolute Gasteiger partial charge is 0.441 e. The van der Waals surface area contributed by atoms with Gasteiger partial charge in [0.05, 0.1) is 6.20 Å². The van der Waals surface area contributed by atoms with Gasteiger partial charge in [-0.2, -0.15) is 0 Å². The average molecular weight is 324 g/mol. The topological polar surface area (TPSA) is 55.1 Å². The molecule has 0 aliphatic heterocycles. The van der Waals surface area contributed by atoms with Gasteiger partial charge in [-0.1, -0.05) is 36.4 Å². The molecular weight excluding hydrogens is 307 g/mol. The summed E-state index contributed by atoms with van der Waals surface area (Å²) in [5.41, 5.74) is 1.43. The summed E-state index contributed by atoms with van der Waals surface area (Å²) in [5.74, 6) is 0.790. The van der Waals surface area contributed by atoms with Crippen molar-refractivity contribution in [1.29, 1.82) is 0 Å². The Morgan fingerprint density at radius 2 is 1.96 bits per heavy atom. The van der Waals surface area contributed by atoms with Crippen LogP contribution in [0.1, 0.15) is 18.7 Å². The fourth-order valence-electron chi connectivity index (χ4n) is 2.35. The summed E-state index contributed by atoms with van der Waals surface area (Å²) in [7, 11) is 0. The van der Waals surface area contributed by atoms with Crippen molar-refractivity contribution in [3.05, 3.63) is 72.5 Å². The Labute approximate surface area is 139 Å². The Morgan fingerprint density at radius 1 is 1.12 bits per heavy atom. The lowest BCUT2D eigenvalue weighted by Gasteiger charge is -2.04. The van der Waals surface area contributed by atoms with Crippen LogP contribution in [0.15, 0.2) is 65.2 Å². The number of aryl methyl sites for hydroxylation is 1. The van der Waals surface area contributed by atoms with Gasteiger partial charge in [-0.15, -0.1) is 0 Å². The van der Waals surface area contributed by atoms with Crippen LogP contribution in [0.5, 0.6) is 0 Å². The summed E-state index contributed by atoms with van der Waals surface area (Å²) in [5, 5.41) is 2.67. The summed E-state index contributed by atoms with van der Waals surface area (Å²) in [6.45, 7) is 0. The van der Waals surface area contributed by atoms with Gasteiger partial charge in [0, 0.05) is 24.1 Å². The van der Waals surface area contributed by atoms with E-state index in [0.29, 0.717) is 30.8 Å². The highest BCUT2D eigenvalue weighted by molar-refractivity contribution is 5.90. The Bertz CT molecular complexity index is 815. The summed E-state index contributed by atoms with van der Waals surface area (Å²) < 4.78 is 18.8. The number of benzene rings is 2. The molecular formula is C19H17FN2O2. The third kappa shape index (κ3) is 4.29. The molecule has 3 rings (SSSR count). The first kappa shape index (κ1) is 15.9. The van der Waals surface area contributed by atoms with E-state index in [-0.39, 0.29) is 11.7 Å². The van der Waals surface area contributed by atoms with Gasteiger partial charge in [0.1, 0.15) is 5.82 Å². The van der Waals surface area contributed by atoms with E-state index < -0.39 is 0 Å². The number of amides is 1. The van der Waals surface area contributed by atoms with Crippen molar-refractivity contribution in [1.82, 2.24) is 4.98 Å². The van der Waals surface area contributed by atoms with Gasteiger partial charge in [-0.3, -0.25) is 4.79 Å². The maximum atomic E-state index is 13.1. The number of rotatable bonds is 6. The number of aromatic nitrogens is 1. The van der Waals surface area contributed by atoms with Gasteiger partial charge in [0.2, 0.25) is 5.91 Å². The molecule has 0 spiro atoms. The van der Waals surface area contributed by atoms with Crippen LogP contribution in [0.25, 0.3) is 11.3 Å². The van der Waals surface area contributed by atoms with Gasteiger partial charge >= 0.3 is 0 Å². The second kappa shape index (κ2) is 7.55. The maximum absolute atomic E-state index is 13.1. The molecule has 1 heterocycles. The fourth-order valence-corrected chi connectivity index (χ4v) is 2.35. The number of anilines is 1. The molecule has 5 heteroatoms. The van der Waals surface area contributed by atoms with Crippen LogP contribution < -0.4 is 5.32 Å². The highest BCUT2D eigenvalue weighted by atomic mass is 19.1. The lowest BCUT2D eigenvalue weighted by atomic mass is 10.2. The zero-order valence-electron chi connectivity index (χ0n) is 13.0. The molecule has 0 saturated carbocycles. The first-order valence-corrected chi connectivity index (χ1v) is 7.76. The van der Waals surface area contributed by atoms with Crippen molar-refractivity contribution in [2.75, 3.05) is 5.32 Å². The van der Waals surface area contributed by atoms with E-state index >= 15 is 0 Å². The zero-order valence-corrected chi connectivity index (χ0v) is 13.0. The molecule has 1 amide bonds. The minimum absolute atomic E-state index is 0.157. The molecule has 0 radical (unpaired) electrons. The van der Waals surface area contributed by atoms with Gasteiger partial charge in [0.15, 0.2) is 11.7 Å². The highest BCUT2D eigenvalue weighted by Crippen LogP contribution is 2.20. The Morgan fingerprint density at radius 3 is 2.75 bits per heavy atom. The van der Waals surface area contributed by atoms with Crippen LogP contribution in [0.4, 0.5) is 10.1 Å². The molecule has 3 aromatic rings. The van der Waals surface area contributed by atoms with Crippen molar-refractivity contribution < 1.29 is 13.6 Å². The number of nitrogens with one attached hydrogen (secondary N) is 1. The van der Waals surface area contributed by atoms with Crippen LogP contribution in [-0.2, 0) is 11.2 Å². The quantitative estimate of drug-likeness (QED) is 0.729. The van der Waals surface area contributed by atoms with Crippen molar-refractivity contribution >= 4 is 11.6 Å². The summed E-state index contributed by atoms with van der Waals surface area (Å²) >= 11 is 0. The third-order valence-electron chi connectivity index (χ3n) is 3.51. The number of nitrogens with zero attached hydrogens (tertiary/aromatic N) is 1. The second-order valence-electron chi connectivity index (χ2n) is 5.40. The smallest absolute Gasteiger partial charge is 0.224 e. The number of halogens is 1. The lowest BCUT2D eigenvalue weighted by Crippen LogP contribution is -2.11. The van der Waals surface area contributed by atoms with Crippen molar-refractivity contribution in [3.8, 4) is 11.3 Å². The van der Waals surface area contributed by atoms with E-state index in [0.717, 1.165) is 11.3 Å². The normalized spacial score (nSPS) is 10.5. The number of carbonyl (C=O) groups excluding carboxylic acids is 1. The monoisotopic (exact) mass is 324 g/mol. The Kier molecular flexibility index (Phi) is 5.01. The first-order chi connectivity index (χ1) is 11.7. The average Bonchev–Trinajstić information content (AvgIpc) is 3.04. The van der Waals surface area contributed by atoms with Crippen LogP contribution in [0.3, 0.4) is 0 Å². The Hall–Kier alpha value is -2.95. The predicted octanol–water partition coefficient (Wildman–Crippen LogP) is 4.44. The molecule has 2 aromatic carbocycles. The van der Waals surface area contributed by atoms with Gasteiger partial charge in [-0.05, 0) is 24.6 Å². The van der Waals surface area contributed by atoms with Crippen LogP contribution in [-0.4, -0.2) is 10.9 Å². The molecule has 0 aliphatic carbocycles. The Balaban J connectivity index is 1.48. The van der Waals surface area contributed by atoms with Crippen LogP contribution in [0.2, 0.25) is 0 Å². The molecule has 1 aromatic heterocycles.